The average Bonchev–Trinajstić information content (AvgIpc) is 3.02. The number of nitrogens with zero attached hydrogens (tertiary/aromatic N) is 1. The summed E-state index contributed by atoms with van der Waals surface area (Å²) in [7, 11) is 0. The lowest BCUT2D eigenvalue weighted by Crippen LogP contribution is -2.31. The number of rotatable bonds is 4. The van der Waals surface area contributed by atoms with Crippen molar-refractivity contribution < 1.29 is 4.79 Å². The maximum Gasteiger partial charge on any atom is 0.252 e. The van der Waals surface area contributed by atoms with E-state index >= 15 is 0 Å². The summed E-state index contributed by atoms with van der Waals surface area (Å²) < 4.78 is 0. The first-order valence-electron chi connectivity index (χ1n) is 7.23. The molecule has 1 aromatic rings. The maximum absolute atomic E-state index is 12.1. The molecule has 0 unspecified atom stereocenters. The first kappa shape index (κ1) is 13.1. The summed E-state index contributed by atoms with van der Waals surface area (Å²) in [5.74, 6) is 0.747. The first-order valence-corrected chi connectivity index (χ1v) is 8.04. The molecule has 1 aliphatic carbocycles. The van der Waals surface area contributed by atoms with Crippen LogP contribution in [0.2, 0.25) is 0 Å². The standard InChI is InChI=1S/C15H22N2OS/c1-10-7-14(11(2)19-10)15(18)16-8-12-5-6-17(9-12)13-3-4-13/h7,12-13H,3-6,8-9H2,1-2H3,(H,16,18)/t12-/m1/s1. The van der Waals surface area contributed by atoms with Crippen LogP contribution in [0.15, 0.2) is 6.07 Å². The van der Waals surface area contributed by atoms with Crippen LogP contribution in [0.4, 0.5) is 0 Å². The SMILES string of the molecule is Cc1cc(C(=O)NC[C@H]2CCN(C3CC3)C2)c(C)s1. The number of aryl methyl sites for hydroxylation is 2. The minimum atomic E-state index is 0.103. The summed E-state index contributed by atoms with van der Waals surface area (Å²) in [4.78, 5) is 17.1. The van der Waals surface area contributed by atoms with Crippen LogP contribution in [0.1, 0.15) is 39.4 Å². The molecule has 3 rings (SSSR count). The van der Waals surface area contributed by atoms with Gasteiger partial charge >= 0.3 is 0 Å². The van der Waals surface area contributed by atoms with E-state index in [2.05, 4.69) is 17.1 Å². The van der Waals surface area contributed by atoms with Crippen LogP contribution in [0.25, 0.3) is 0 Å². The fourth-order valence-corrected chi connectivity index (χ4v) is 3.91. The van der Waals surface area contributed by atoms with E-state index < -0.39 is 0 Å². The molecule has 1 saturated heterocycles. The quantitative estimate of drug-likeness (QED) is 0.918. The lowest BCUT2D eigenvalue weighted by atomic mass is 10.1. The number of carbonyl (C=O) groups is 1. The molecule has 19 heavy (non-hydrogen) atoms. The highest BCUT2D eigenvalue weighted by Crippen LogP contribution is 2.31. The van der Waals surface area contributed by atoms with Crippen molar-refractivity contribution in [2.45, 2.75) is 39.2 Å². The van der Waals surface area contributed by atoms with Crippen LogP contribution < -0.4 is 5.32 Å². The van der Waals surface area contributed by atoms with Gasteiger partial charge in [0.25, 0.3) is 5.91 Å². The molecular weight excluding hydrogens is 256 g/mol. The Hall–Kier alpha value is -0.870. The van der Waals surface area contributed by atoms with Crippen LogP contribution in [-0.4, -0.2) is 36.5 Å². The van der Waals surface area contributed by atoms with E-state index in [0.717, 1.165) is 23.0 Å². The molecular formula is C15H22N2OS. The number of carbonyl (C=O) groups excluding carboxylic acids is 1. The molecule has 0 aromatic carbocycles. The fourth-order valence-electron chi connectivity index (χ4n) is 2.99. The van der Waals surface area contributed by atoms with Crippen molar-refractivity contribution in [2.75, 3.05) is 19.6 Å². The average molecular weight is 278 g/mol. The third kappa shape index (κ3) is 3.00. The van der Waals surface area contributed by atoms with Crippen LogP contribution >= 0.6 is 11.3 Å². The van der Waals surface area contributed by atoms with Gasteiger partial charge in [0.2, 0.25) is 0 Å². The molecule has 0 spiro atoms. The predicted octanol–water partition coefficient (Wildman–Crippen LogP) is 2.58. The van der Waals surface area contributed by atoms with Crippen LogP contribution in [0, 0.1) is 19.8 Å². The van der Waals surface area contributed by atoms with Gasteiger partial charge in [-0.1, -0.05) is 0 Å². The number of amides is 1. The largest absolute Gasteiger partial charge is 0.352 e. The zero-order chi connectivity index (χ0) is 13.4. The van der Waals surface area contributed by atoms with Crippen molar-refractivity contribution in [3.8, 4) is 0 Å². The molecule has 104 valence electrons. The summed E-state index contributed by atoms with van der Waals surface area (Å²) in [5, 5.41) is 3.12. The second-order valence-corrected chi connectivity index (χ2v) is 7.38. The van der Waals surface area contributed by atoms with Gasteiger partial charge in [-0.05, 0) is 51.6 Å². The molecule has 1 amide bonds. The second kappa shape index (κ2) is 5.25. The molecule has 2 aliphatic rings. The van der Waals surface area contributed by atoms with Crippen molar-refractivity contribution in [1.29, 1.82) is 0 Å². The van der Waals surface area contributed by atoms with E-state index in [1.807, 2.05) is 13.0 Å². The first-order chi connectivity index (χ1) is 9.13. The Morgan fingerprint density at radius 1 is 1.42 bits per heavy atom. The van der Waals surface area contributed by atoms with Crippen LogP contribution in [0.5, 0.6) is 0 Å². The lowest BCUT2D eigenvalue weighted by molar-refractivity contribution is 0.0947. The minimum absolute atomic E-state index is 0.103. The molecule has 0 radical (unpaired) electrons. The number of thiophene rings is 1. The summed E-state index contributed by atoms with van der Waals surface area (Å²) in [6.45, 7) is 7.31. The van der Waals surface area contributed by atoms with Crippen LogP contribution in [-0.2, 0) is 0 Å². The van der Waals surface area contributed by atoms with E-state index in [0.29, 0.717) is 5.92 Å². The predicted molar refractivity (Wildman–Crippen MR) is 78.8 cm³/mol. The summed E-state index contributed by atoms with van der Waals surface area (Å²) in [6, 6.07) is 2.86. The highest BCUT2D eigenvalue weighted by atomic mass is 32.1. The molecule has 2 fully saturated rings. The topological polar surface area (TPSA) is 32.3 Å². The third-order valence-electron chi connectivity index (χ3n) is 4.22. The molecule has 1 saturated carbocycles. The fraction of sp³-hybridized carbons (Fsp3) is 0.667. The van der Waals surface area contributed by atoms with Gasteiger partial charge in [-0.15, -0.1) is 11.3 Å². The zero-order valence-corrected chi connectivity index (χ0v) is 12.6. The van der Waals surface area contributed by atoms with Crippen molar-refractivity contribution in [3.05, 3.63) is 21.4 Å². The Balaban J connectivity index is 1.49. The number of nitrogens with one attached hydrogen (secondary N) is 1. The number of hydrogen-bond donors (Lipinski definition) is 1. The number of likely N-dealkylation sites (tertiary alicyclic amines) is 1. The van der Waals surface area contributed by atoms with Crippen molar-refractivity contribution in [3.63, 3.8) is 0 Å². The highest BCUT2D eigenvalue weighted by Gasteiger charge is 2.34. The Bertz CT molecular complexity index is 478. The molecule has 1 N–H and O–H groups in total. The Morgan fingerprint density at radius 3 is 2.84 bits per heavy atom. The number of hydrogen-bond acceptors (Lipinski definition) is 3. The molecule has 3 nitrogen and oxygen atoms in total. The van der Waals surface area contributed by atoms with Crippen molar-refractivity contribution in [1.82, 2.24) is 10.2 Å². The van der Waals surface area contributed by atoms with Crippen molar-refractivity contribution in [2.24, 2.45) is 5.92 Å². The van der Waals surface area contributed by atoms with E-state index in [1.165, 1.54) is 37.2 Å². The summed E-state index contributed by atoms with van der Waals surface area (Å²) >= 11 is 1.70. The third-order valence-corrected chi connectivity index (χ3v) is 5.18. The Labute approximate surface area is 119 Å². The maximum atomic E-state index is 12.1. The smallest absolute Gasteiger partial charge is 0.252 e. The van der Waals surface area contributed by atoms with E-state index in [-0.39, 0.29) is 5.91 Å². The molecule has 2 heterocycles. The van der Waals surface area contributed by atoms with E-state index in [4.69, 9.17) is 0 Å². The van der Waals surface area contributed by atoms with Gasteiger partial charge in [-0.2, -0.15) is 0 Å². The second-order valence-electron chi connectivity index (χ2n) is 5.92. The normalized spacial score (nSPS) is 23.8. The zero-order valence-electron chi connectivity index (χ0n) is 11.7. The molecule has 4 heteroatoms. The molecule has 1 atom stereocenters. The summed E-state index contributed by atoms with van der Waals surface area (Å²) in [5.41, 5.74) is 0.861. The van der Waals surface area contributed by atoms with Gasteiger partial charge in [-0.3, -0.25) is 4.79 Å². The Morgan fingerprint density at radius 2 is 2.21 bits per heavy atom. The molecule has 0 bridgehead atoms. The van der Waals surface area contributed by atoms with Gasteiger partial charge in [0.15, 0.2) is 0 Å². The van der Waals surface area contributed by atoms with Crippen molar-refractivity contribution >= 4 is 17.2 Å². The van der Waals surface area contributed by atoms with Gasteiger partial charge in [0.05, 0.1) is 5.56 Å². The van der Waals surface area contributed by atoms with E-state index in [1.54, 1.807) is 11.3 Å². The lowest BCUT2D eigenvalue weighted by Gasteiger charge is -2.15. The van der Waals surface area contributed by atoms with E-state index in [9.17, 15) is 4.79 Å². The minimum Gasteiger partial charge on any atom is -0.352 e. The van der Waals surface area contributed by atoms with Gasteiger partial charge < -0.3 is 10.2 Å². The van der Waals surface area contributed by atoms with Gasteiger partial charge in [-0.25, -0.2) is 0 Å². The molecule has 1 aliphatic heterocycles. The van der Waals surface area contributed by atoms with Gasteiger partial charge in [0, 0.05) is 28.9 Å². The molecule has 1 aromatic heterocycles. The summed E-state index contributed by atoms with van der Waals surface area (Å²) in [6.07, 6.45) is 4.00. The van der Waals surface area contributed by atoms with Gasteiger partial charge in [0.1, 0.15) is 0 Å². The highest BCUT2D eigenvalue weighted by molar-refractivity contribution is 7.12. The monoisotopic (exact) mass is 278 g/mol. The Kier molecular flexibility index (Phi) is 3.63. The van der Waals surface area contributed by atoms with Crippen LogP contribution in [0.3, 0.4) is 0 Å².